The van der Waals surface area contributed by atoms with E-state index in [4.69, 9.17) is 5.73 Å². The summed E-state index contributed by atoms with van der Waals surface area (Å²) in [5, 5.41) is 0. The Balaban J connectivity index is 4.23. The van der Waals surface area contributed by atoms with Crippen LogP contribution in [0.1, 0.15) is 53.9 Å². The lowest BCUT2D eigenvalue weighted by Crippen LogP contribution is -2.45. The molecule has 0 aromatic carbocycles. The van der Waals surface area contributed by atoms with Crippen molar-refractivity contribution in [3.63, 3.8) is 0 Å². The molecule has 0 rings (SSSR count). The Morgan fingerprint density at radius 3 is 2.07 bits per heavy atom. The SMILES string of the molecule is CCC(C)(C)N(C)C(=O)CCC(C)(C)N. The number of amides is 1. The molecule has 1 amide bonds. The molecule has 0 saturated heterocycles. The highest BCUT2D eigenvalue weighted by Crippen LogP contribution is 2.18. The normalized spacial score (nSPS) is 12.7. The number of nitrogens with two attached hydrogens (primary N) is 1. The molecule has 0 aromatic rings. The Hall–Kier alpha value is -0.570. The van der Waals surface area contributed by atoms with Crippen LogP contribution in [0.15, 0.2) is 0 Å². The van der Waals surface area contributed by atoms with Gasteiger partial charge >= 0.3 is 0 Å². The molecule has 0 fully saturated rings. The van der Waals surface area contributed by atoms with Gasteiger partial charge in [-0.25, -0.2) is 0 Å². The summed E-state index contributed by atoms with van der Waals surface area (Å²) in [6.07, 6.45) is 2.22. The first-order chi connectivity index (χ1) is 6.60. The van der Waals surface area contributed by atoms with Crippen molar-refractivity contribution >= 4 is 5.91 Å². The topological polar surface area (TPSA) is 46.3 Å². The van der Waals surface area contributed by atoms with Crippen molar-refractivity contribution in [3.05, 3.63) is 0 Å². The van der Waals surface area contributed by atoms with Gasteiger partial charge in [-0.1, -0.05) is 6.92 Å². The molecule has 0 heterocycles. The minimum atomic E-state index is -0.257. The van der Waals surface area contributed by atoms with Gasteiger partial charge in [0, 0.05) is 24.5 Å². The van der Waals surface area contributed by atoms with Crippen LogP contribution < -0.4 is 5.73 Å². The van der Waals surface area contributed by atoms with Crippen LogP contribution >= 0.6 is 0 Å². The second-order valence-corrected chi connectivity index (χ2v) is 5.61. The Bertz CT molecular complexity index is 216. The summed E-state index contributed by atoms with van der Waals surface area (Å²) in [5.74, 6) is 0.181. The number of hydrogen-bond acceptors (Lipinski definition) is 2. The van der Waals surface area contributed by atoms with Crippen LogP contribution in [0, 0.1) is 0 Å². The molecule has 90 valence electrons. The molecule has 3 nitrogen and oxygen atoms in total. The fraction of sp³-hybridized carbons (Fsp3) is 0.917. The first kappa shape index (κ1) is 14.4. The molecule has 0 aromatic heterocycles. The molecule has 0 unspecified atom stereocenters. The largest absolute Gasteiger partial charge is 0.341 e. The minimum Gasteiger partial charge on any atom is -0.341 e. The maximum absolute atomic E-state index is 11.9. The van der Waals surface area contributed by atoms with Gasteiger partial charge < -0.3 is 10.6 Å². The molecule has 0 spiro atoms. The predicted octanol–water partition coefficient (Wildman–Crippen LogP) is 2.15. The standard InChI is InChI=1S/C12H26N2O/c1-7-12(4,5)14(6)10(15)8-9-11(2,3)13/h7-9,13H2,1-6H3. The highest BCUT2D eigenvalue weighted by Gasteiger charge is 2.26. The van der Waals surface area contributed by atoms with Crippen LogP contribution in [0.3, 0.4) is 0 Å². The number of carbonyl (C=O) groups is 1. The molecular formula is C12H26N2O. The molecule has 3 heteroatoms. The number of nitrogens with zero attached hydrogens (tertiary/aromatic N) is 1. The van der Waals surface area contributed by atoms with Gasteiger partial charge in [0.05, 0.1) is 0 Å². The molecule has 0 atom stereocenters. The second-order valence-electron chi connectivity index (χ2n) is 5.61. The summed E-state index contributed by atoms with van der Waals surface area (Å²) in [7, 11) is 1.87. The zero-order valence-corrected chi connectivity index (χ0v) is 11.1. The van der Waals surface area contributed by atoms with Crippen LogP contribution in [0.4, 0.5) is 0 Å². The quantitative estimate of drug-likeness (QED) is 0.762. The molecule has 0 saturated carbocycles. The van der Waals surface area contributed by atoms with E-state index < -0.39 is 0 Å². The summed E-state index contributed by atoms with van der Waals surface area (Å²) < 4.78 is 0. The monoisotopic (exact) mass is 214 g/mol. The van der Waals surface area contributed by atoms with Gasteiger partial charge in [-0.2, -0.15) is 0 Å². The molecule has 2 N–H and O–H groups in total. The van der Waals surface area contributed by atoms with Crippen molar-refractivity contribution in [3.8, 4) is 0 Å². The highest BCUT2D eigenvalue weighted by molar-refractivity contribution is 5.76. The molecule has 0 radical (unpaired) electrons. The summed E-state index contributed by atoms with van der Waals surface area (Å²) in [6.45, 7) is 10.2. The van der Waals surface area contributed by atoms with Crippen molar-refractivity contribution in [1.29, 1.82) is 0 Å². The van der Waals surface area contributed by atoms with Crippen molar-refractivity contribution in [2.45, 2.75) is 65.0 Å². The second kappa shape index (κ2) is 4.97. The van der Waals surface area contributed by atoms with Gasteiger partial charge in [0.1, 0.15) is 0 Å². The molecule has 15 heavy (non-hydrogen) atoms. The summed E-state index contributed by atoms with van der Waals surface area (Å²) in [6, 6.07) is 0. The minimum absolute atomic E-state index is 0.0597. The van der Waals surface area contributed by atoms with Crippen molar-refractivity contribution in [2.75, 3.05) is 7.05 Å². The molecule has 0 aliphatic carbocycles. The molecule has 0 bridgehead atoms. The van der Waals surface area contributed by atoms with Crippen LogP contribution in [0.2, 0.25) is 0 Å². The zero-order valence-electron chi connectivity index (χ0n) is 11.1. The van der Waals surface area contributed by atoms with Crippen LogP contribution in [0.5, 0.6) is 0 Å². The van der Waals surface area contributed by atoms with Gasteiger partial charge in [-0.3, -0.25) is 4.79 Å². The third kappa shape index (κ3) is 5.17. The number of carbonyl (C=O) groups excluding carboxylic acids is 1. The average Bonchev–Trinajstić information content (AvgIpc) is 2.11. The van der Waals surface area contributed by atoms with E-state index in [1.54, 1.807) is 0 Å². The molecule has 0 aliphatic rings. The Morgan fingerprint density at radius 2 is 1.73 bits per heavy atom. The van der Waals surface area contributed by atoms with Gasteiger partial charge in [-0.15, -0.1) is 0 Å². The predicted molar refractivity (Wildman–Crippen MR) is 64.6 cm³/mol. The smallest absolute Gasteiger partial charge is 0.222 e. The first-order valence-electron chi connectivity index (χ1n) is 5.65. The van der Waals surface area contributed by atoms with Crippen molar-refractivity contribution in [2.24, 2.45) is 5.73 Å². The Labute approximate surface area is 94.0 Å². The van der Waals surface area contributed by atoms with E-state index in [0.29, 0.717) is 6.42 Å². The van der Waals surface area contributed by atoms with E-state index >= 15 is 0 Å². The lowest BCUT2D eigenvalue weighted by Gasteiger charge is -2.35. The summed E-state index contributed by atoms with van der Waals surface area (Å²) in [4.78, 5) is 13.7. The van der Waals surface area contributed by atoms with Crippen molar-refractivity contribution in [1.82, 2.24) is 4.90 Å². The third-order valence-corrected chi connectivity index (χ3v) is 3.13. The van der Waals surface area contributed by atoms with Crippen LogP contribution in [-0.2, 0) is 4.79 Å². The summed E-state index contributed by atoms with van der Waals surface area (Å²) >= 11 is 0. The van der Waals surface area contributed by atoms with E-state index in [2.05, 4.69) is 20.8 Å². The fourth-order valence-corrected chi connectivity index (χ4v) is 1.17. The van der Waals surface area contributed by atoms with E-state index in [1.165, 1.54) is 0 Å². The zero-order chi connectivity index (χ0) is 12.3. The van der Waals surface area contributed by atoms with Crippen molar-refractivity contribution < 1.29 is 4.79 Å². The first-order valence-corrected chi connectivity index (χ1v) is 5.65. The van der Waals surface area contributed by atoms with Gasteiger partial charge in [0.15, 0.2) is 0 Å². The lowest BCUT2D eigenvalue weighted by atomic mass is 9.96. The van der Waals surface area contributed by atoms with E-state index in [-0.39, 0.29) is 17.0 Å². The van der Waals surface area contributed by atoms with Gasteiger partial charge in [0.25, 0.3) is 0 Å². The maximum atomic E-state index is 11.9. The maximum Gasteiger partial charge on any atom is 0.222 e. The average molecular weight is 214 g/mol. The van der Waals surface area contributed by atoms with E-state index in [0.717, 1.165) is 12.8 Å². The van der Waals surface area contributed by atoms with Crippen LogP contribution in [0.25, 0.3) is 0 Å². The lowest BCUT2D eigenvalue weighted by molar-refractivity contribution is -0.135. The van der Waals surface area contributed by atoms with E-state index in [1.807, 2.05) is 25.8 Å². The number of hydrogen-bond donors (Lipinski definition) is 1. The molecule has 0 aliphatic heterocycles. The van der Waals surface area contributed by atoms with E-state index in [9.17, 15) is 4.79 Å². The number of rotatable bonds is 5. The van der Waals surface area contributed by atoms with Gasteiger partial charge in [-0.05, 0) is 40.5 Å². The van der Waals surface area contributed by atoms with Crippen LogP contribution in [-0.4, -0.2) is 28.9 Å². The fourth-order valence-electron chi connectivity index (χ4n) is 1.17. The third-order valence-electron chi connectivity index (χ3n) is 3.13. The molecular weight excluding hydrogens is 188 g/mol. The summed E-state index contributed by atoms with van der Waals surface area (Å²) in [5.41, 5.74) is 5.54. The van der Waals surface area contributed by atoms with Gasteiger partial charge in [0.2, 0.25) is 5.91 Å². The highest BCUT2D eigenvalue weighted by atomic mass is 16.2. The Kier molecular flexibility index (Phi) is 4.78. The Morgan fingerprint density at radius 1 is 1.27 bits per heavy atom.